The summed E-state index contributed by atoms with van der Waals surface area (Å²) in [6, 6.07) is 7.48. The minimum absolute atomic E-state index is 0.0531. The molecule has 1 rings (SSSR count). The van der Waals surface area contributed by atoms with Gasteiger partial charge in [-0.25, -0.2) is 4.79 Å². The predicted octanol–water partition coefficient (Wildman–Crippen LogP) is 2.21. The largest absolute Gasteiger partial charge is 0.389 e. The van der Waals surface area contributed by atoms with Gasteiger partial charge in [0.15, 0.2) is 0 Å². The highest BCUT2D eigenvalue weighted by Gasteiger charge is 2.13. The molecule has 2 atom stereocenters. The third-order valence-electron chi connectivity index (χ3n) is 2.84. The van der Waals surface area contributed by atoms with Crippen LogP contribution in [0.2, 0.25) is 0 Å². The first kappa shape index (κ1) is 16.9. The average Bonchev–Trinajstić information content (AvgIpc) is 2.44. The van der Waals surface area contributed by atoms with Gasteiger partial charge >= 0.3 is 6.03 Å². The normalized spacial score (nSPS) is 13.6. The van der Waals surface area contributed by atoms with Gasteiger partial charge in [0.1, 0.15) is 0 Å². The van der Waals surface area contributed by atoms with Crippen molar-refractivity contribution in [1.82, 2.24) is 10.6 Å². The molecule has 6 heteroatoms. The van der Waals surface area contributed by atoms with Crippen molar-refractivity contribution in [2.75, 3.05) is 20.3 Å². The zero-order chi connectivity index (χ0) is 15.0. The molecule has 2 unspecified atom stereocenters. The highest BCUT2D eigenvalue weighted by atomic mass is 79.9. The lowest BCUT2D eigenvalue weighted by molar-refractivity contribution is 0.0659. The highest BCUT2D eigenvalue weighted by Crippen LogP contribution is 2.19. The second kappa shape index (κ2) is 8.94. The Morgan fingerprint density at radius 2 is 2.05 bits per heavy atom. The molecule has 3 N–H and O–H groups in total. The van der Waals surface area contributed by atoms with Gasteiger partial charge in [-0.05, 0) is 24.1 Å². The Labute approximate surface area is 127 Å². The number of hydrogen-bond acceptors (Lipinski definition) is 3. The van der Waals surface area contributed by atoms with E-state index in [-0.39, 0.29) is 25.2 Å². The van der Waals surface area contributed by atoms with Crippen molar-refractivity contribution in [3.63, 3.8) is 0 Å². The number of nitrogens with one attached hydrogen (secondary N) is 2. The van der Waals surface area contributed by atoms with E-state index >= 15 is 0 Å². The molecular formula is C14H21BrN2O3. The van der Waals surface area contributed by atoms with Gasteiger partial charge in [0.2, 0.25) is 0 Å². The summed E-state index contributed by atoms with van der Waals surface area (Å²) in [5.41, 5.74) is 1.04. The Morgan fingerprint density at radius 3 is 2.60 bits per heavy atom. The lowest BCUT2D eigenvalue weighted by Gasteiger charge is -2.19. The molecule has 0 radical (unpaired) electrons. The summed E-state index contributed by atoms with van der Waals surface area (Å²) in [5.74, 6) is 0. The molecule has 20 heavy (non-hydrogen) atoms. The van der Waals surface area contributed by atoms with Crippen molar-refractivity contribution in [3.8, 4) is 0 Å². The van der Waals surface area contributed by atoms with Crippen LogP contribution in [-0.4, -0.2) is 37.5 Å². The Morgan fingerprint density at radius 1 is 1.40 bits per heavy atom. The Balaban J connectivity index is 2.47. The van der Waals surface area contributed by atoms with E-state index in [4.69, 9.17) is 4.74 Å². The second-order valence-electron chi connectivity index (χ2n) is 4.48. The summed E-state index contributed by atoms with van der Waals surface area (Å²) in [6.45, 7) is 2.37. The van der Waals surface area contributed by atoms with Gasteiger partial charge < -0.3 is 20.5 Å². The molecule has 1 aromatic rings. The fourth-order valence-corrected chi connectivity index (χ4v) is 2.05. The maximum atomic E-state index is 11.8. The zero-order valence-electron chi connectivity index (χ0n) is 11.7. The standard InChI is InChI=1S/C14H21BrN2O3/c1-3-13(10-4-6-11(15)7-5-10)17-14(19)16-8-12(18)9-20-2/h4-7,12-13,18H,3,8-9H2,1-2H3,(H2,16,17,19). The molecule has 0 saturated carbocycles. The number of aliphatic hydroxyl groups is 1. The van der Waals surface area contributed by atoms with Gasteiger partial charge in [0, 0.05) is 18.1 Å². The molecule has 0 heterocycles. The van der Waals surface area contributed by atoms with E-state index in [2.05, 4.69) is 26.6 Å². The first-order valence-electron chi connectivity index (χ1n) is 6.53. The van der Waals surface area contributed by atoms with Crippen LogP contribution in [0.4, 0.5) is 4.79 Å². The van der Waals surface area contributed by atoms with Gasteiger partial charge in [0.05, 0.1) is 18.8 Å². The maximum Gasteiger partial charge on any atom is 0.315 e. The lowest BCUT2D eigenvalue weighted by Crippen LogP contribution is -2.42. The molecule has 0 aliphatic rings. The number of benzene rings is 1. The van der Waals surface area contributed by atoms with E-state index in [1.807, 2.05) is 31.2 Å². The van der Waals surface area contributed by atoms with E-state index < -0.39 is 6.10 Å². The molecule has 0 bridgehead atoms. The summed E-state index contributed by atoms with van der Waals surface area (Å²) < 4.78 is 5.80. The van der Waals surface area contributed by atoms with E-state index in [0.717, 1.165) is 16.5 Å². The van der Waals surface area contributed by atoms with Crippen LogP contribution in [0.5, 0.6) is 0 Å². The molecule has 1 aromatic carbocycles. The molecule has 0 fully saturated rings. The number of rotatable bonds is 7. The second-order valence-corrected chi connectivity index (χ2v) is 5.39. The number of urea groups is 1. The summed E-state index contributed by atoms with van der Waals surface area (Å²) in [4.78, 5) is 11.8. The number of aliphatic hydroxyl groups excluding tert-OH is 1. The third-order valence-corrected chi connectivity index (χ3v) is 3.37. The van der Waals surface area contributed by atoms with E-state index in [0.29, 0.717) is 0 Å². The first-order valence-corrected chi connectivity index (χ1v) is 7.33. The maximum absolute atomic E-state index is 11.8. The third kappa shape index (κ3) is 5.90. The molecule has 2 amide bonds. The number of carbonyl (C=O) groups excluding carboxylic acids is 1. The first-order chi connectivity index (χ1) is 9.56. The monoisotopic (exact) mass is 344 g/mol. The minimum atomic E-state index is -0.696. The van der Waals surface area contributed by atoms with Crippen molar-refractivity contribution >= 4 is 22.0 Å². The summed E-state index contributed by atoms with van der Waals surface area (Å²) in [5, 5.41) is 15.0. The molecule has 0 aliphatic carbocycles. The number of amides is 2. The summed E-state index contributed by atoms with van der Waals surface area (Å²) >= 11 is 3.38. The van der Waals surface area contributed by atoms with Crippen molar-refractivity contribution < 1.29 is 14.6 Å². The fourth-order valence-electron chi connectivity index (χ4n) is 1.79. The number of ether oxygens (including phenoxy) is 1. The van der Waals surface area contributed by atoms with Crippen LogP contribution in [0, 0.1) is 0 Å². The fraction of sp³-hybridized carbons (Fsp3) is 0.500. The topological polar surface area (TPSA) is 70.6 Å². The predicted molar refractivity (Wildman–Crippen MR) is 81.6 cm³/mol. The van der Waals surface area contributed by atoms with Crippen LogP contribution in [0.25, 0.3) is 0 Å². The molecular weight excluding hydrogens is 324 g/mol. The lowest BCUT2D eigenvalue weighted by atomic mass is 10.1. The molecule has 5 nitrogen and oxygen atoms in total. The molecule has 0 spiro atoms. The van der Waals surface area contributed by atoms with Crippen LogP contribution in [0.3, 0.4) is 0 Å². The van der Waals surface area contributed by atoms with Crippen molar-refractivity contribution in [2.24, 2.45) is 0 Å². The van der Waals surface area contributed by atoms with Crippen molar-refractivity contribution in [3.05, 3.63) is 34.3 Å². The molecule has 0 aromatic heterocycles. The van der Waals surface area contributed by atoms with E-state index in [1.54, 1.807) is 0 Å². The van der Waals surface area contributed by atoms with Crippen LogP contribution < -0.4 is 10.6 Å². The van der Waals surface area contributed by atoms with E-state index in [9.17, 15) is 9.90 Å². The van der Waals surface area contributed by atoms with Crippen LogP contribution >= 0.6 is 15.9 Å². The number of carbonyl (C=O) groups is 1. The summed E-state index contributed by atoms with van der Waals surface area (Å²) in [7, 11) is 1.50. The SMILES string of the molecule is CCC(NC(=O)NCC(O)COC)c1ccc(Br)cc1. The van der Waals surface area contributed by atoms with Crippen molar-refractivity contribution in [1.29, 1.82) is 0 Å². The minimum Gasteiger partial charge on any atom is -0.389 e. The number of hydrogen-bond donors (Lipinski definition) is 3. The Hall–Kier alpha value is -1.11. The zero-order valence-corrected chi connectivity index (χ0v) is 13.3. The molecule has 0 aliphatic heterocycles. The average molecular weight is 345 g/mol. The highest BCUT2D eigenvalue weighted by molar-refractivity contribution is 9.10. The smallest absolute Gasteiger partial charge is 0.315 e. The Bertz CT molecular complexity index is 411. The molecule has 112 valence electrons. The summed E-state index contributed by atoms with van der Waals surface area (Å²) in [6.07, 6.45) is 0.0916. The van der Waals surface area contributed by atoms with Gasteiger partial charge in [0.25, 0.3) is 0 Å². The Kier molecular flexibility index (Phi) is 7.58. The van der Waals surface area contributed by atoms with Crippen molar-refractivity contribution in [2.45, 2.75) is 25.5 Å². The number of halogens is 1. The van der Waals surface area contributed by atoms with Crippen LogP contribution in [0.15, 0.2) is 28.7 Å². The van der Waals surface area contributed by atoms with Crippen LogP contribution in [0.1, 0.15) is 24.9 Å². The van der Waals surface area contributed by atoms with Gasteiger partial charge in [-0.3, -0.25) is 0 Å². The van der Waals surface area contributed by atoms with Gasteiger partial charge in [-0.1, -0.05) is 35.0 Å². The van der Waals surface area contributed by atoms with E-state index in [1.165, 1.54) is 7.11 Å². The molecule has 0 saturated heterocycles. The quantitative estimate of drug-likeness (QED) is 0.710. The van der Waals surface area contributed by atoms with Gasteiger partial charge in [-0.2, -0.15) is 0 Å². The van der Waals surface area contributed by atoms with Crippen LogP contribution in [-0.2, 0) is 4.74 Å². The number of methoxy groups -OCH3 is 1. The van der Waals surface area contributed by atoms with Gasteiger partial charge in [-0.15, -0.1) is 0 Å².